The largest absolute Gasteiger partial charge is 0.483 e. The van der Waals surface area contributed by atoms with Crippen LogP contribution in [0.5, 0.6) is 5.75 Å². The van der Waals surface area contributed by atoms with Gasteiger partial charge in [-0.05, 0) is 12.1 Å². The fraction of sp³-hybridized carbons (Fsp3) is 0.294. The summed E-state index contributed by atoms with van der Waals surface area (Å²) >= 11 is 31.4. The second-order valence-electron chi connectivity index (χ2n) is 5.45. The molecule has 0 aliphatic carbocycles. The van der Waals surface area contributed by atoms with Crippen molar-refractivity contribution in [2.24, 2.45) is 0 Å². The number of hydrogen-bond acceptors (Lipinski definition) is 3. The van der Waals surface area contributed by atoms with E-state index in [-0.39, 0.29) is 31.2 Å². The van der Waals surface area contributed by atoms with Crippen molar-refractivity contribution in [3.8, 4) is 5.75 Å². The first-order chi connectivity index (χ1) is 12.0. The van der Waals surface area contributed by atoms with Gasteiger partial charge < -0.3 is 14.8 Å². The average Bonchev–Trinajstić information content (AvgIpc) is 2.65. The molecule has 2 aromatic rings. The van der Waals surface area contributed by atoms with Gasteiger partial charge in [-0.1, -0.05) is 76.2 Å². The molecule has 1 N–H and O–H groups in total. The lowest BCUT2D eigenvalue weighted by molar-refractivity contribution is -0.0431. The monoisotopic (exact) mass is 439 g/mol. The number of hydrogen-bond donors (Lipinski definition) is 1. The molecule has 2 atom stereocenters. The van der Waals surface area contributed by atoms with E-state index in [2.05, 4.69) is 5.32 Å². The highest BCUT2D eigenvalue weighted by Gasteiger charge is 2.34. The Balaban J connectivity index is 2.08. The van der Waals surface area contributed by atoms with E-state index < -0.39 is 6.10 Å². The van der Waals surface area contributed by atoms with E-state index in [9.17, 15) is 0 Å². The summed E-state index contributed by atoms with van der Waals surface area (Å²) in [4.78, 5) is 0. The zero-order valence-electron chi connectivity index (χ0n) is 12.9. The molecule has 2 aromatic carbocycles. The minimum Gasteiger partial charge on any atom is -0.483 e. The molecule has 3 nitrogen and oxygen atoms in total. The van der Waals surface area contributed by atoms with Crippen LogP contribution in [0, 0.1) is 0 Å². The van der Waals surface area contributed by atoms with Gasteiger partial charge in [0.05, 0.1) is 31.7 Å². The van der Waals surface area contributed by atoms with E-state index in [1.54, 1.807) is 0 Å². The van der Waals surface area contributed by atoms with Gasteiger partial charge in [0.1, 0.15) is 11.9 Å². The maximum atomic E-state index is 6.44. The van der Waals surface area contributed by atoms with Crippen LogP contribution < -0.4 is 10.1 Å². The number of nitrogens with one attached hydrogen (secondary N) is 1. The summed E-state index contributed by atoms with van der Waals surface area (Å²) in [7, 11) is 0. The minimum absolute atomic E-state index is 0.114. The lowest BCUT2D eigenvalue weighted by atomic mass is 10.0. The van der Waals surface area contributed by atoms with Crippen LogP contribution in [-0.4, -0.2) is 25.8 Å². The third kappa shape index (κ3) is 4.14. The molecular formula is C17H14Cl5NO2. The Morgan fingerprint density at radius 1 is 0.920 bits per heavy atom. The second-order valence-corrected chi connectivity index (χ2v) is 7.34. The van der Waals surface area contributed by atoms with Gasteiger partial charge in [0.2, 0.25) is 0 Å². The second kappa shape index (κ2) is 8.53. The topological polar surface area (TPSA) is 30.5 Å². The Hall–Kier alpha value is -0.390. The highest BCUT2D eigenvalue weighted by Crippen LogP contribution is 2.47. The maximum Gasteiger partial charge on any atom is 0.154 e. The third-order valence-electron chi connectivity index (χ3n) is 3.83. The van der Waals surface area contributed by atoms with Crippen molar-refractivity contribution in [1.29, 1.82) is 0 Å². The molecule has 0 bridgehead atoms. The summed E-state index contributed by atoms with van der Waals surface area (Å²) in [5.74, 6) is 0.649. The summed E-state index contributed by atoms with van der Waals surface area (Å²) in [6, 6.07) is 9.32. The number of para-hydroxylation sites is 1. The minimum atomic E-state index is -0.609. The number of rotatable bonds is 4. The van der Waals surface area contributed by atoms with E-state index in [1.165, 1.54) is 0 Å². The lowest BCUT2D eigenvalue weighted by Crippen LogP contribution is -2.43. The van der Waals surface area contributed by atoms with Gasteiger partial charge in [-0.25, -0.2) is 0 Å². The first kappa shape index (κ1) is 19.4. The van der Waals surface area contributed by atoms with Crippen LogP contribution in [0.1, 0.15) is 11.7 Å². The number of morpholine rings is 1. The summed E-state index contributed by atoms with van der Waals surface area (Å²) in [5, 5.41) is 4.07. The van der Waals surface area contributed by atoms with Crippen molar-refractivity contribution in [2.45, 2.75) is 12.2 Å². The van der Waals surface area contributed by atoms with Gasteiger partial charge in [0.15, 0.2) is 6.10 Å². The maximum absolute atomic E-state index is 6.44. The van der Waals surface area contributed by atoms with Crippen molar-refractivity contribution < 1.29 is 9.47 Å². The van der Waals surface area contributed by atoms with Crippen LogP contribution in [0.15, 0.2) is 30.3 Å². The number of benzene rings is 2. The molecule has 0 saturated carbocycles. The molecule has 1 heterocycles. The zero-order valence-corrected chi connectivity index (χ0v) is 16.6. The van der Waals surface area contributed by atoms with Crippen molar-refractivity contribution in [3.05, 3.63) is 61.0 Å². The van der Waals surface area contributed by atoms with E-state index in [1.807, 2.05) is 30.3 Å². The van der Waals surface area contributed by atoms with Crippen molar-refractivity contribution in [3.63, 3.8) is 0 Å². The van der Waals surface area contributed by atoms with E-state index in [0.29, 0.717) is 24.5 Å². The average molecular weight is 442 g/mol. The standard InChI is InChI=1S/C17H14Cl5NO2/c18-12-11(13(19)15(21)16(22)14(12)20)17(10-8-23-6-7-24-10)25-9-4-2-1-3-5-9/h1-5,10,17,23H,6-8H2/t10-,17+/m0/s1. The van der Waals surface area contributed by atoms with E-state index in [4.69, 9.17) is 67.5 Å². The molecule has 0 unspecified atom stereocenters. The Morgan fingerprint density at radius 3 is 2.08 bits per heavy atom. The highest BCUT2D eigenvalue weighted by atomic mass is 35.5. The first-order valence-electron chi connectivity index (χ1n) is 7.56. The van der Waals surface area contributed by atoms with Crippen LogP contribution in [0.4, 0.5) is 0 Å². The van der Waals surface area contributed by atoms with Gasteiger partial charge in [-0.2, -0.15) is 0 Å². The van der Waals surface area contributed by atoms with Crippen LogP contribution in [0.25, 0.3) is 0 Å². The molecule has 1 saturated heterocycles. The van der Waals surface area contributed by atoms with Crippen LogP contribution in [0.2, 0.25) is 25.1 Å². The van der Waals surface area contributed by atoms with Gasteiger partial charge in [0.25, 0.3) is 0 Å². The molecule has 1 aliphatic heterocycles. The smallest absolute Gasteiger partial charge is 0.154 e. The molecule has 0 aromatic heterocycles. The lowest BCUT2D eigenvalue weighted by Gasteiger charge is -2.33. The fourth-order valence-corrected chi connectivity index (χ4v) is 3.99. The van der Waals surface area contributed by atoms with E-state index >= 15 is 0 Å². The number of halogens is 5. The van der Waals surface area contributed by atoms with E-state index in [0.717, 1.165) is 6.54 Å². The predicted molar refractivity (Wildman–Crippen MR) is 104 cm³/mol. The van der Waals surface area contributed by atoms with Crippen LogP contribution in [0.3, 0.4) is 0 Å². The first-order valence-corrected chi connectivity index (χ1v) is 9.45. The van der Waals surface area contributed by atoms with Crippen LogP contribution in [-0.2, 0) is 4.74 Å². The van der Waals surface area contributed by atoms with Gasteiger partial charge in [-0.3, -0.25) is 0 Å². The predicted octanol–water partition coefficient (Wildman–Crippen LogP) is 6.06. The highest BCUT2D eigenvalue weighted by molar-refractivity contribution is 6.55. The molecule has 1 aliphatic rings. The Labute approximate surface area is 171 Å². The molecule has 25 heavy (non-hydrogen) atoms. The Bertz CT molecular complexity index is 721. The molecule has 1 fully saturated rings. The summed E-state index contributed by atoms with van der Waals surface area (Å²) in [5.41, 5.74) is 0.459. The third-order valence-corrected chi connectivity index (χ3v) is 6.13. The summed E-state index contributed by atoms with van der Waals surface area (Å²) in [6.07, 6.45) is -0.931. The van der Waals surface area contributed by atoms with Crippen LogP contribution >= 0.6 is 58.0 Å². The Kier molecular flexibility index (Phi) is 6.61. The SMILES string of the molecule is Clc1c(Cl)c(Cl)c([C@H](Oc2ccccc2)[C@@H]2CNCCO2)c(Cl)c1Cl. The quantitative estimate of drug-likeness (QED) is 0.462. The molecule has 0 amide bonds. The molecule has 0 radical (unpaired) electrons. The van der Waals surface area contributed by atoms with Gasteiger partial charge in [-0.15, -0.1) is 0 Å². The summed E-state index contributed by atoms with van der Waals surface area (Å²) < 4.78 is 12.0. The van der Waals surface area contributed by atoms with Crippen molar-refractivity contribution >= 4 is 58.0 Å². The Morgan fingerprint density at radius 2 is 1.52 bits per heavy atom. The van der Waals surface area contributed by atoms with Gasteiger partial charge in [0, 0.05) is 18.7 Å². The number of ether oxygens (including phenoxy) is 2. The fourth-order valence-electron chi connectivity index (χ4n) is 2.62. The molecule has 3 rings (SSSR count). The molecule has 134 valence electrons. The van der Waals surface area contributed by atoms with Crippen molar-refractivity contribution in [1.82, 2.24) is 5.32 Å². The molecule has 0 spiro atoms. The van der Waals surface area contributed by atoms with Crippen molar-refractivity contribution in [2.75, 3.05) is 19.7 Å². The molecule has 8 heteroatoms. The normalized spacial score (nSPS) is 18.8. The molecular weight excluding hydrogens is 427 g/mol. The van der Waals surface area contributed by atoms with Gasteiger partial charge >= 0.3 is 0 Å². The summed E-state index contributed by atoms with van der Waals surface area (Å²) in [6.45, 7) is 1.88. The zero-order chi connectivity index (χ0) is 18.0.